The van der Waals surface area contributed by atoms with Gasteiger partial charge in [0.2, 0.25) is 0 Å². The number of carbonyl (C=O) groups excluding carboxylic acids is 1. The number of benzene rings is 2. The van der Waals surface area contributed by atoms with Crippen LogP contribution in [-0.2, 0) is 6.54 Å². The maximum atomic E-state index is 13.5. The number of furan rings is 1. The molecule has 0 fully saturated rings. The van der Waals surface area contributed by atoms with E-state index in [1.807, 2.05) is 62.4 Å². The van der Waals surface area contributed by atoms with Crippen molar-refractivity contribution in [3.8, 4) is 5.75 Å². The van der Waals surface area contributed by atoms with Gasteiger partial charge in [0.05, 0.1) is 24.6 Å². The van der Waals surface area contributed by atoms with Gasteiger partial charge >= 0.3 is 0 Å². The number of carbonyl (C=O) groups is 1. The van der Waals surface area contributed by atoms with Crippen LogP contribution < -0.4 is 9.64 Å². The van der Waals surface area contributed by atoms with E-state index in [1.54, 1.807) is 18.3 Å². The Morgan fingerprint density at radius 1 is 1.18 bits per heavy atom. The van der Waals surface area contributed by atoms with Gasteiger partial charge in [0.25, 0.3) is 5.91 Å². The van der Waals surface area contributed by atoms with Gasteiger partial charge in [0.1, 0.15) is 17.0 Å². The summed E-state index contributed by atoms with van der Waals surface area (Å²) in [6.07, 6.45) is 1.61. The van der Waals surface area contributed by atoms with E-state index in [4.69, 9.17) is 14.1 Å². The second-order valence-corrected chi connectivity index (χ2v) is 7.60. The molecule has 0 aliphatic rings. The van der Waals surface area contributed by atoms with Crippen LogP contribution in [0.4, 0.5) is 5.13 Å². The topological polar surface area (TPSA) is 55.6 Å². The number of aromatic nitrogens is 1. The van der Waals surface area contributed by atoms with Crippen molar-refractivity contribution in [2.24, 2.45) is 0 Å². The number of thiazole rings is 1. The zero-order chi connectivity index (χ0) is 19.7. The summed E-state index contributed by atoms with van der Waals surface area (Å²) in [7, 11) is 1.62. The molecule has 1 amide bonds. The van der Waals surface area contributed by atoms with Crippen LogP contribution in [0.25, 0.3) is 10.2 Å². The molecule has 5 nitrogen and oxygen atoms in total. The molecule has 0 saturated heterocycles. The maximum absolute atomic E-state index is 13.5. The van der Waals surface area contributed by atoms with Gasteiger partial charge in [-0.3, -0.25) is 9.69 Å². The Morgan fingerprint density at radius 2 is 2.04 bits per heavy atom. The van der Waals surface area contributed by atoms with Crippen molar-refractivity contribution >= 4 is 32.6 Å². The molecule has 0 N–H and O–H groups in total. The van der Waals surface area contributed by atoms with Gasteiger partial charge in [0, 0.05) is 5.56 Å². The predicted molar refractivity (Wildman–Crippen MR) is 111 cm³/mol. The molecular formula is C22H20N2O3S. The maximum Gasteiger partial charge on any atom is 0.260 e. The van der Waals surface area contributed by atoms with Gasteiger partial charge in [-0.25, -0.2) is 4.98 Å². The highest BCUT2D eigenvalue weighted by molar-refractivity contribution is 7.22. The molecule has 4 aromatic rings. The number of hydrogen-bond acceptors (Lipinski definition) is 5. The Kier molecular flexibility index (Phi) is 4.88. The molecule has 0 radical (unpaired) electrons. The number of rotatable bonds is 5. The molecule has 2 aromatic heterocycles. The Labute approximate surface area is 167 Å². The Bertz CT molecular complexity index is 1130. The van der Waals surface area contributed by atoms with E-state index in [9.17, 15) is 4.79 Å². The molecule has 0 saturated carbocycles. The van der Waals surface area contributed by atoms with Crippen molar-refractivity contribution < 1.29 is 13.9 Å². The van der Waals surface area contributed by atoms with E-state index < -0.39 is 0 Å². The molecule has 2 heterocycles. The van der Waals surface area contributed by atoms with E-state index in [0.717, 1.165) is 21.3 Å². The zero-order valence-electron chi connectivity index (χ0n) is 15.9. The molecule has 4 rings (SSSR count). The molecular weight excluding hydrogens is 372 g/mol. The second kappa shape index (κ2) is 7.48. The Balaban J connectivity index is 1.80. The lowest BCUT2D eigenvalue weighted by Gasteiger charge is -2.20. The van der Waals surface area contributed by atoms with E-state index in [-0.39, 0.29) is 5.91 Å². The zero-order valence-corrected chi connectivity index (χ0v) is 16.7. The molecule has 0 spiro atoms. The Morgan fingerprint density at radius 3 is 2.75 bits per heavy atom. The number of amides is 1. The van der Waals surface area contributed by atoms with Crippen molar-refractivity contribution in [1.82, 2.24) is 4.98 Å². The monoisotopic (exact) mass is 392 g/mol. The van der Waals surface area contributed by atoms with Crippen LogP contribution in [0.2, 0.25) is 0 Å². The van der Waals surface area contributed by atoms with E-state index in [0.29, 0.717) is 28.7 Å². The number of ether oxygens (including phenoxy) is 1. The van der Waals surface area contributed by atoms with Gasteiger partial charge in [-0.2, -0.15) is 0 Å². The molecule has 6 heteroatoms. The van der Waals surface area contributed by atoms with E-state index in [1.165, 1.54) is 11.3 Å². The van der Waals surface area contributed by atoms with Crippen LogP contribution in [0.3, 0.4) is 0 Å². The lowest BCUT2D eigenvalue weighted by Crippen LogP contribution is -2.30. The number of anilines is 1. The number of nitrogens with zero attached hydrogens (tertiary/aromatic N) is 2. The van der Waals surface area contributed by atoms with Crippen molar-refractivity contribution in [1.29, 1.82) is 0 Å². The molecule has 0 aliphatic heterocycles. The van der Waals surface area contributed by atoms with E-state index in [2.05, 4.69) is 0 Å². The highest BCUT2D eigenvalue weighted by Crippen LogP contribution is 2.35. The fourth-order valence-electron chi connectivity index (χ4n) is 3.18. The van der Waals surface area contributed by atoms with Crippen LogP contribution in [0.15, 0.2) is 59.2 Å². The standard InChI is InChI=1S/C22H20N2O3S/c1-14-9-10-17(15(2)12-14)21(25)24(13-16-6-5-11-27-16)22-23-20-18(26-3)7-4-8-19(20)28-22/h4-12H,13H2,1-3H3. The van der Waals surface area contributed by atoms with Gasteiger partial charge in [-0.15, -0.1) is 0 Å². The number of hydrogen-bond donors (Lipinski definition) is 0. The SMILES string of the molecule is COc1cccc2sc(N(Cc3ccco3)C(=O)c3ccc(C)cc3C)nc12. The molecule has 0 atom stereocenters. The fourth-order valence-corrected chi connectivity index (χ4v) is 4.16. The number of para-hydroxylation sites is 1. The van der Waals surface area contributed by atoms with Crippen LogP contribution in [0.5, 0.6) is 5.75 Å². The number of fused-ring (bicyclic) bond motifs is 1. The van der Waals surface area contributed by atoms with Crippen molar-refractivity contribution in [3.05, 3.63) is 77.2 Å². The summed E-state index contributed by atoms with van der Waals surface area (Å²) in [6.45, 7) is 4.27. The Hall–Kier alpha value is -3.12. The van der Waals surface area contributed by atoms with Gasteiger partial charge in [-0.05, 0) is 49.7 Å². The van der Waals surface area contributed by atoms with Crippen LogP contribution in [-0.4, -0.2) is 18.0 Å². The largest absolute Gasteiger partial charge is 0.494 e. The summed E-state index contributed by atoms with van der Waals surface area (Å²) in [5.41, 5.74) is 3.47. The average Bonchev–Trinajstić information content (AvgIpc) is 3.34. The minimum Gasteiger partial charge on any atom is -0.494 e. The molecule has 28 heavy (non-hydrogen) atoms. The van der Waals surface area contributed by atoms with Crippen LogP contribution in [0.1, 0.15) is 27.2 Å². The van der Waals surface area contributed by atoms with Gasteiger partial charge < -0.3 is 9.15 Å². The highest BCUT2D eigenvalue weighted by atomic mass is 32.1. The van der Waals surface area contributed by atoms with Crippen LogP contribution >= 0.6 is 11.3 Å². The van der Waals surface area contributed by atoms with Crippen molar-refractivity contribution in [3.63, 3.8) is 0 Å². The molecule has 0 unspecified atom stereocenters. The lowest BCUT2D eigenvalue weighted by molar-refractivity contribution is 0.0982. The minimum atomic E-state index is -0.105. The summed E-state index contributed by atoms with van der Waals surface area (Å²) in [6, 6.07) is 15.3. The van der Waals surface area contributed by atoms with Crippen LogP contribution in [0, 0.1) is 13.8 Å². The van der Waals surface area contributed by atoms with E-state index >= 15 is 0 Å². The van der Waals surface area contributed by atoms with Crippen molar-refractivity contribution in [2.75, 3.05) is 12.0 Å². The first kappa shape index (κ1) is 18.3. The lowest BCUT2D eigenvalue weighted by atomic mass is 10.0. The highest BCUT2D eigenvalue weighted by Gasteiger charge is 2.24. The minimum absolute atomic E-state index is 0.105. The molecule has 142 valence electrons. The summed E-state index contributed by atoms with van der Waals surface area (Å²) >= 11 is 1.46. The normalized spacial score (nSPS) is 11.0. The molecule has 0 bridgehead atoms. The third-order valence-corrected chi connectivity index (χ3v) is 5.62. The van der Waals surface area contributed by atoms with Gasteiger partial charge in [-0.1, -0.05) is 35.1 Å². The predicted octanol–water partition coefficient (Wildman–Crippen LogP) is 5.36. The third kappa shape index (κ3) is 3.39. The number of aryl methyl sites for hydroxylation is 2. The molecule has 2 aromatic carbocycles. The third-order valence-electron chi connectivity index (χ3n) is 4.57. The fraction of sp³-hybridized carbons (Fsp3) is 0.182. The van der Waals surface area contributed by atoms with Gasteiger partial charge in [0.15, 0.2) is 5.13 Å². The van der Waals surface area contributed by atoms with Crippen molar-refractivity contribution in [2.45, 2.75) is 20.4 Å². The smallest absolute Gasteiger partial charge is 0.260 e. The first-order valence-electron chi connectivity index (χ1n) is 8.92. The summed E-state index contributed by atoms with van der Waals surface area (Å²) in [5, 5.41) is 0.612. The summed E-state index contributed by atoms with van der Waals surface area (Å²) in [5.74, 6) is 1.29. The summed E-state index contributed by atoms with van der Waals surface area (Å²) in [4.78, 5) is 19.8. The second-order valence-electron chi connectivity index (χ2n) is 6.59. The average molecular weight is 392 g/mol. The first-order chi connectivity index (χ1) is 13.6. The quantitative estimate of drug-likeness (QED) is 0.459. The number of methoxy groups -OCH3 is 1. The summed E-state index contributed by atoms with van der Waals surface area (Å²) < 4.78 is 11.9. The molecule has 0 aliphatic carbocycles. The first-order valence-corrected chi connectivity index (χ1v) is 9.73.